The lowest BCUT2D eigenvalue weighted by Crippen LogP contribution is -2.44. The third-order valence-electron chi connectivity index (χ3n) is 6.19. The number of halogens is 1. The zero-order chi connectivity index (χ0) is 18.6. The van der Waals surface area contributed by atoms with E-state index in [0.29, 0.717) is 11.5 Å². The Morgan fingerprint density at radius 2 is 1.89 bits per heavy atom. The van der Waals surface area contributed by atoms with Gasteiger partial charge in [-0.05, 0) is 56.5 Å². The smallest absolute Gasteiger partial charge is 0.193 e. The van der Waals surface area contributed by atoms with E-state index in [-0.39, 0.29) is 24.0 Å². The van der Waals surface area contributed by atoms with Crippen LogP contribution >= 0.6 is 24.0 Å². The fraction of sp³-hybridized carbons (Fsp3) is 0.667. The average Bonchev–Trinajstić information content (AvgIpc) is 3.29. The minimum Gasteiger partial charge on any atom is -0.497 e. The van der Waals surface area contributed by atoms with Crippen LogP contribution < -0.4 is 10.1 Å². The lowest BCUT2D eigenvalue weighted by molar-refractivity contribution is 0.289. The lowest BCUT2D eigenvalue weighted by Gasteiger charge is -2.29. The highest BCUT2D eigenvalue weighted by Gasteiger charge is 2.41. The van der Waals surface area contributed by atoms with Gasteiger partial charge in [-0.2, -0.15) is 0 Å². The number of nitrogens with one attached hydrogen (secondary N) is 1. The first-order valence-corrected chi connectivity index (χ1v) is 9.83. The van der Waals surface area contributed by atoms with Crippen LogP contribution in [-0.2, 0) is 0 Å². The van der Waals surface area contributed by atoms with Crippen LogP contribution in [0.3, 0.4) is 0 Å². The molecule has 27 heavy (non-hydrogen) atoms. The van der Waals surface area contributed by atoms with Gasteiger partial charge in [-0.25, -0.2) is 0 Å². The summed E-state index contributed by atoms with van der Waals surface area (Å²) >= 11 is 0. The molecule has 1 aliphatic heterocycles. The summed E-state index contributed by atoms with van der Waals surface area (Å²) in [7, 11) is 7.86. The van der Waals surface area contributed by atoms with Crippen molar-refractivity contribution in [1.29, 1.82) is 0 Å². The Labute approximate surface area is 181 Å². The monoisotopic (exact) mass is 486 g/mol. The van der Waals surface area contributed by atoms with E-state index in [2.05, 4.69) is 46.3 Å². The first-order valence-electron chi connectivity index (χ1n) is 9.83. The molecule has 1 heterocycles. The summed E-state index contributed by atoms with van der Waals surface area (Å²) in [4.78, 5) is 9.29. The predicted molar refractivity (Wildman–Crippen MR) is 123 cm³/mol. The molecule has 152 valence electrons. The Morgan fingerprint density at radius 1 is 1.22 bits per heavy atom. The van der Waals surface area contributed by atoms with Gasteiger partial charge in [-0.1, -0.05) is 25.0 Å². The summed E-state index contributed by atoms with van der Waals surface area (Å²) in [6.45, 7) is 3.15. The van der Waals surface area contributed by atoms with E-state index in [9.17, 15) is 0 Å². The van der Waals surface area contributed by atoms with Crippen molar-refractivity contribution < 1.29 is 4.74 Å². The molecule has 2 fully saturated rings. The van der Waals surface area contributed by atoms with Crippen LogP contribution in [0, 0.1) is 5.41 Å². The maximum atomic E-state index is 5.28. The van der Waals surface area contributed by atoms with Crippen LogP contribution in [0.15, 0.2) is 29.3 Å². The normalized spacial score (nSPS) is 20.0. The van der Waals surface area contributed by atoms with Gasteiger partial charge in [0, 0.05) is 26.7 Å². The summed E-state index contributed by atoms with van der Waals surface area (Å²) < 4.78 is 5.28. The highest BCUT2D eigenvalue weighted by atomic mass is 127. The maximum Gasteiger partial charge on any atom is 0.193 e. The van der Waals surface area contributed by atoms with Crippen molar-refractivity contribution in [2.75, 3.05) is 47.9 Å². The van der Waals surface area contributed by atoms with E-state index in [0.717, 1.165) is 24.8 Å². The zero-order valence-electron chi connectivity index (χ0n) is 17.2. The van der Waals surface area contributed by atoms with Crippen LogP contribution in [0.5, 0.6) is 5.75 Å². The molecule has 1 aliphatic carbocycles. The van der Waals surface area contributed by atoms with Gasteiger partial charge in [-0.3, -0.25) is 4.99 Å². The van der Waals surface area contributed by atoms with Crippen LogP contribution in [0.1, 0.15) is 43.7 Å². The van der Waals surface area contributed by atoms with Gasteiger partial charge < -0.3 is 19.9 Å². The summed E-state index contributed by atoms with van der Waals surface area (Å²) in [6.07, 6.45) is 6.92. The van der Waals surface area contributed by atoms with Crippen LogP contribution in [0.25, 0.3) is 0 Å². The van der Waals surface area contributed by atoms with Gasteiger partial charge in [0.2, 0.25) is 0 Å². The molecule has 0 aromatic heterocycles. The molecular weight excluding hydrogens is 451 g/mol. The molecule has 1 atom stereocenters. The molecule has 1 aromatic rings. The quantitative estimate of drug-likeness (QED) is 0.391. The SMILES string of the molecule is CN=C(NCC(c1ccc(OC)cc1)N(C)C)N1CCC2(CCCC2)C1.I. The van der Waals surface area contributed by atoms with Crippen molar-refractivity contribution >= 4 is 29.9 Å². The fourth-order valence-corrected chi connectivity index (χ4v) is 4.59. The van der Waals surface area contributed by atoms with Crippen molar-refractivity contribution in [2.45, 2.75) is 38.1 Å². The Morgan fingerprint density at radius 3 is 2.44 bits per heavy atom. The van der Waals surface area contributed by atoms with Gasteiger partial charge in [0.1, 0.15) is 5.75 Å². The summed E-state index contributed by atoms with van der Waals surface area (Å²) in [6, 6.07) is 8.66. The van der Waals surface area contributed by atoms with Crippen LogP contribution in [-0.4, -0.2) is 63.6 Å². The van der Waals surface area contributed by atoms with Crippen molar-refractivity contribution in [3.63, 3.8) is 0 Å². The number of benzene rings is 1. The van der Waals surface area contributed by atoms with E-state index >= 15 is 0 Å². The number of rotatable bonds is 5. The molecule has 1 N–H and O–H groups in total. The highest BCUT2D eigenvalue weighted by molar-refractivity contribution is 14.0. The minimum atomic E-state index is 0. The molecule has 5 nitrogen and oxygen atoms in total. The van der Waals surface area contributed by atoms with Gasteiger partial charge in [0.25, 0.3) is 0 Å². The first kappa shape index (κ1) is 22.3. The van der Waals surface area contributed by atoms with Crippen molar-refractivity contribution in [3.8, 4) is 5.75 Å². The number of nitrogens with zero attached hydrogens (tertiary/aromatic N) is 3. The average molecular weight is 486 g/mol. The third-order valence-corrected chi connectivity index (χ3v) is 6.19. The molecule has 1 aromatic carbocycles. The highest BCUT2D eigenvalue weighted by Crippen LogP contribution is 2.45. The maximum absolute atomic E-state index is 5.28. The number of guanidine groups is 1. The molecule has 1 unspecified atom stereocenters. The fourth-order valence-electron chi connectivity index (χ4n) is 4.59. The van der Waals surface area contributed by atoms with Gasteiger partial charge in [0.15, 0.2) is 5.96 Å². The lowest BCUT2D eigenvalue weighted by atomic mass is 9.86. The van der Waals surface area contributed by atoms with Gasteiger partial charge in [0.05, 0.1) is 13.2 Å². The Bertz CT molecular complexity index is 611. The van der Waals surface area contributed by atoms with E-state index in [1.807, 2.05) is 19.2 Å². The molecule has 3 rings (SSSR count). The standard InChI is InChI=1S/C21H34N4O.HI/c1-22-20(25-14-13-21(16-25)11-5-6-12-21)23-15-19(24(2)3)17-7-9-18(26-4)10-8-17;/h7-10,19H,5-6,11-16H2,1-4H3,(H,22,23);1H. The second-order valence-corrected chi connectivity index (χ2v) is 8.06. The number of ether oxygens (including phenoxy) is 1. The molecule has 0 radical (unpaired) electrons. The molecule has 2 aliphatic rings. The van der Waals surface area contributed by atoms with Gasteiger partial charge >= 0.3 is 0 Å². The third kappa shape index (κ3) is 5.28. The number of likely N-dealkylation sites (N-methyl/N-ethyl adjacent to an activating group) is 1. The first-order chi connectivity index (χ1) is 12.6. The number of hydrogen-bond acceptors (Lipinski definition) is 3. The molecule has 1 saturated carbocycles. The van der Waals surface area contributed by atoms with Crippen molar-refractivity contribution in [3.05, 3.63) is 29.8 Å². The summed E-state index contributed by atoms with van der Waals surface area (Å²) in [5, 5.41) is 3.63. The molecular formula is C21H35IN4O. The van der Waals surface area contributed by atoms with Crippen LogP contribution in [0.2, 0.25) is 0 Å². The number of hydrogen-bond donors (Lipinski definition) is 1. The molecule has 6 heteroatoms. The second-order valence-electron chi connectivity index (χ2n) is 8.06. The minimum absolute atomic E-state index is 0. The number of methoxy groups -OCH3 is 1. The molecule has 1 spiro atoms. The largest absolute Gasteiger partial charge is 0.497 e. The number of likely N-dealkylation sites (tertiary alicyclic amines) is 1. The predicted octanol–water partition coefficient (Wildman–Crippen LogP) is 3.76. The van der Waals surface area contributed by atoms with Crippen LogP contribution in [0.4, 0.5) is 0 Å². The Hall–Kier alpha value is -1.02. The van der Waals surface area contributed by atoms with E-state index in [1.165, 1.54) is 44.2 Å². The second kappa shape index (κ2) is 9.96. The van der Waals surface area contributed by atoms with E-state index in [4.69, 9.17) is 4.74 Å². The Kier molecular flexibility index (Phi) is 8.21. The summed E-state index contributed by atoms with van der Waals surface area (Å²) in [5.74, 6) is 1.95. The van der Waals surface area contributed by atoms with E-state index in [1.54, 1.807) is 7.11 Å². The van der Waals surface area contributed by atoms with E-state index < -0.39 is 0 Å². The van der Waals surface area contributed by atoms with Gasteiger partial charge in [-0.15, -0.1) is 24.0 Å². The zero-order valence-corrected chi connectivity index (χ0v) is 19.5. The topological polar surface area (TPSA) is 40.1 Å². The van der Waals surface area contributed by atoms with Crippen molar-refractivity contribution in [2.24, 2.45) is 10.4 Å². The number of aliphatic imine (C=N–C) groups is 1. The molecule has 1 saturated heterocycles. The molecule has 0 amide bonds. The molecule has 0 bridgehead atoms. The Balaban J connectivity index is 0.00000261. The van der Waals surface area contributed by atoms with Crippen molar-refractivity contribution in [1.82, 2.24) is 15.1 Å². The summed E-state index contributed by atoms with van der Waals surface area (Å²) in [5.41, 5.74) is 1.85.